The molecular formula is C26H26FNO3S. The van der Waals surface area contributed by atoms with Gasteiger partial charge in [0.05, 0.1) is 24.2 Å². The first-order chi connectivity index (χ1) is 15.5. The third-order valence-electron chi connectivity index (χ3n) is 6.09. The van der Waals surface area contributed by atoms with Crippen molar-refractivity contribution >= 4 is 22.9 Å². The molecule has 0 amide bonds. The Balaban J connectivity index is 1.63. The predicted octanol–water partition coefficient (Wildman–Crippen LogP) is 5.95. The number of aliphatic hydroxyl groups is 1. The van der Waals surface area contributed by atoms with Gasteiger partial charge in [-0.1, -0.05) is 42.5 Å². The molecule has 3 aromatic rings. The molecule has 1 fully saturated rings. The fourth-order valence-electron chi connectivity index (χ4n) is 4.47. The molecule has 3 unspecified atom stereocenters. The van der Waals surface area contributed by atoms with Crippen LogP contribution in [0.4, 0.5) is 10.1 Å². The van der Waals surface area contributed by atoms with E-state index in [1.165, 1.54) is 12.1 Å². The van der Waals surface area contributed by atoms with E-state index in [0.29, 0.717) is 30.6 Å². The van der Waals surface area contributed by atoms with Gasteiger partial charge in [-0.25, -0.2) is 4.39 Å². The summed E-state index contributed by atoms with van der Waals surface area (Å²) in [7, 11) is 1.56. The summed E-state index contributed by atoms with van der Waals surface area (Å²) < 4.78 is 18.5. The van der Waals surface area contributed by atoms with Crippen molar-refractivity contribution in [2.24, 2.45) is 5.92 Å². The number of aliphatic hydroxyl groups excluding tert-OH is 1. The zero-order valence-electron chi connectivity index (χ0n) is 17.8. The molecule has 0 spiro atoms. The summed E-state index contributed by atoms with van der Waals surface area (Å²) in [5.74, 6) is 0.512. The summed E-state index contributed by atoms with van der Waals surface area (Å²) >= 11 is 5.77. The molecule has 4 rings (SSSR count). The monoisotopic (exact) mass is 451 g/mol. The highest BCUT2D eigenvalue weighted by molar-refractivity contribution is 7.80. The van der Waals surface area contributed by atoms with Crippen LogP contribution in [0.5, 0.6) is 11.5 Å². The Kier molecular flexibility index (Phi) is 6.72. The molecule has 0 bridgehead atoms. The van der Waals surface area contributed by atoms with Crippen LogP contribution in [0, 0.1) is 11.7 Å². The molecule has 1 heterocycles. The number of thiocarbonyl (C=S) groups is 1. The van der Waals surface area contributed by atoms with Gasteiger partial charge < -0.3 is 19.8 Å². The third kappa shape index (κ3) is 4.61. The van der Waals surface area contributed by atoms with Crippen LogP contribution in [0.2, 0.25) is 0 Å². The SMILES string of the molecule is COc1ccc(C2C(CCC(O)c3ccc(F)cc3)CC(=S)N2c2ccccc2)c(O)c1. The van der Waals surface area contributed by atoms with Gasteiger partial charge in [0.1, 0.15) is 17.3 Å². The Bertz CT molecular complexity index is 1070. The Hall–Kier alpha value is -2.96. The zero-order valence-corrected chi connectivity index (χ0v) is 18.6. The van der Waals surface area contributed by atoms with E-state index in [0.717, 1.165) is 16.2 Å². The second-order valence-corrected chi connectivity index (χ2v) is 8.55. The van der Waals surface area contributed by atoms with Crippen molar-refractivity contribution in [2.75, 3.05) is 12.0 Å². The molecule has 0 saturated carbocycles. The molecule has 166 valence electrons. The number of aromatic hydroxyl groups is 1. The van der Waals surface area contributed by atoms with E-state index in [4.69, 9.17) is 17.0 Å². The molecule has 0 aliphatic carbocycles. The average molecular weight is 452 g/mol. The van der Waals surface area contributed by atoms with E-state index in [-0.39, 0.29) is 23.5 Å². The van der Waals surface area contributed by atoms with E-state index in [9.17, 15) is 14.6 Å². The Morgan fingerprint density at radius 3 is 2.47 bits per heavy atom. The summed E-state index contributed by atoms with van der Waals surface area (Å²) in [6.45, 7) is 0. The topological polar surface area (TPSA) is 52.9 Å². The second-order valence-electron chi connectivity index (χ2n) is 8.08. The number of benzene rings is 3. The lowest BCUT2D eigenvalue weighted by molar-refractivity contribution is 0.155. The Morgan fingerprint density at radius 1 is 1.09 bits per heavy atom. The molecule has 1 aliphatic heterocycles. The van der Waals surface area contributed by atoms with Gasteiger partial charge in [-0.2, -0.15) is 0 Å². The summed E-state index contributed by atoms with van der Waals surface area (Å²) in [4.78, 5) is 2.91. The van der Waals surface area contributed by atoms with Crippen LogP contribution in [0.25, 0.3) is 0 Å². The number of hydrogen-bond donors (Lipinski definition) is 2. The van der Waals surface area contributed by atoms with Gasteiger partial charge in [0, 0.05) is 23.7 Å². The van der Waals surface area contributed by atoms with E-state index in [2.05, 4.69) is 4.90 Å². The minimum absolute atomic E-state index is 0.0945. The third-order valence-corrected chi connectivity index (χ3v) is 6.45. The number of para-hydroxylation sites is 1. The molecule has 6 heteroatoms. The Morgan fingerprint density at radius 2 is 1.81 bits per heavy atom. The minimum Gasteiger partial charge on any atom is -0.507 e. The van der Waals surface area contributed by atoms with Crippen molar-refractivity contribution < 1.29 is 19.3 Å². The van der Waals surface area contributed by atoms with Crippen LogP contribution in [-0.2, 0) is 0 Å². The number of halogens is 1. The first-order valence-electron chi connectivity index (χ1n) is 10.7. The molecule has 2 N–H and O–H groups in total. The standard InChI is InChI=1S/C26H26FNO3S/c1-31-21-12-13-22(24(30)16-21)26-18(9-14-23(29)17-7-10-19(27)11-8-17)15-25(32)28(26)20-5-3-2-4-6-20/h2-8,10-13,16,18,23,26,29-30H,9,14-15H2,1H3. The van der Waals surface area contributed by atoms with Gasteiger partial charge in [0.2, 0.25) is 0 Å². The van der Waals surface area contributed by atoms with Crippen LogP contribution >= 0.6 is 12.2 Å². The van der Waals surface area contributed by atoms with Gasteiger partial charge in [0.25, 0.3) is 0 Å². The zero-order chi connectivity index (χ0) is 22.7. The maximum atomic E-state index is 13.2. The maximum absolute atomic E-state index is 13.2. The van der Waals surface area contributed by atoms with Crippen molar-refractivity contribution in [3.63, 3.8) is 0 Å². The number of anilines is 1. The number of ether oxygens (including phenoxy) is 1. The normalized spacial score (nSPS) is 19.2. The van der Waals surface area contributed by atoms with Crippen molar-refractivity contribution in [2.45, 2.75) is 31.4 Å². The molecule has 32 heavy (non-hydrogen) atoms. The largest absolute Gasteiger partial charge is 0.507 e. The first-order valence-corrected chi connectivity index (χ1v) is 11.1. The van der Waals surface area contributed by atoms with Gasteiger partial charge in [0.15, 0.2) is 0 Å². The van der Waals surface area contributed by atoms with Crippen molar-refractivity contribution in [1.29, 1.82) is 0 Å². The first kappa shape index (κ1) is 22.2. The molecule has 4 nitrogen and oxygen atoms in total. The number of hydrogen-bond acceptors (Lipinski definition) is 4. The summed E-state index contributed by atoms with van der Waals surface area (Å²) in [5.41, 5.74) is 2.44. The number of phenolic OH excluding ortho intramolecular Hbond substituents is 1. The predicted molar refractivity (Wildman–Crippen MR) is 128 cm³/mol. The number of methoxy groups -OCH3 is 1. The van der Waals surface area contributed by atoms with Crippen molar-refractivity contribution in [1.82, 2.24) is 0 Å². The lowest BCUT2D eigenvalue weighted by Crippen LogP contribution is -2.28. The van der Waals surface area contributed by atoms with E-state index in [1.807, 2.05) is 42.5 Å². The molecule has 0 aromatic heterocycles. The number of phenols is 1. The summed E-state index contributed by atoms with van der Waals surface area (Å²) in [6.07, 6.45) is 1.18. The van der Waals surface area contributed by atoms with Crippen molar-refractivity contribution in [3.05, 3.63) is 89.7 Å². The quantitative estimate of drug-likeness (QED) is 0.435. The van der Waals surface area contributed by atoms with Gasteiger partial charge in [-0.05, 0) is 60.7 Å². The number of nitrogens with zero attached hydrogens (tertiary/aromatic N) is 1. The van der Waals surface area contributed by atoms with Crippen LogP contribution in [0.3, 0.4) is 0 Å². The average Bonchev–Trinajstić information content (AvgIpc) is 3.14. The Labute approximate surface area is 192 Å². The maximum Gasteiger partial charge on any atom is 0.124 e. The van der Waals surface area contributed by atoms with Crippen LogP contribution in [0.15, 0.2) is 72.8 Å². The van der Waals surface area contributed by atoms with E-state index < -0.39 is 6.10 Å². The van der Waals surface area contributed by atoms with E-state index in [1.54, 1.807) is 25.3 Å². The molecule has 1 saturated heterocycles. The lowest BCUT2D eigenvalue weighted by atomic mass is 9.87. The van der Waals surface area contributed by atoms with Crippen LogP contribution < -0.4 is 9.64 Å². The van der Waals surface area contributed by atoms with Gasteiger partial charge >= 0.3 is 0 Å². The minimum atomic E-state index is -0.694. The second kappa shape index (κ2) is 9.67. The van der Waals surface area contributed by atoms with E-state index >= 15 is 0 Å². The van der Waals surface area contributed by atoms with Crippen LogP contribution in [0.1, 0.15) is 42.5 Å². The highest BCUT2D eigenvalue weighted by Gasteiger charge is 2.40. The smallest absolute Gasteiger partial charge is 0.124 e. The summed E-state index contributed by atoms with van der Waals surface area (Å²) in [6, 6.07) is 21.0. The summed E-state index contributed by atoms with van der Waals surface area (Å²) in [5, 5.41) is 21.5. The molecule has 3 atom stereocenters. The number of rotatable bonds is 7. The highest BCUT2D eigenvalue weighted by Crippen LogP contribution is 2.47. The molecule has 1 aliphatic rings. The van der Waals surface area contributed by atoms with Crippen LogP contribution in [-0.4, -0.2) is 22.3 Å². The van der Waals surface area contributed by atoms with Gasteiger partial charge in [-0.3, -0.25) is 0 Å². The fraction of sp³-hybridized carbons (Fsp3) is 0.269. The van der Waals surface area contributed by atoms with Crippen molar-refractivity contribution in [3.8, 4) is 11.5 Å². The molecule has 0 radical (unpaired) electrons. The molecular weight excluding hydrogens is 425 g/mol. The lowest BCUT2D eigenvalue weighted by Gasteiger charge is -2.31. The fourth-order valence-corrected chi connectivity index (χ4v) is 4.90. The highest BCUT2D eigenvalue weighted by atomic mass is 32.1. The molecule has 3 aromatic carbocycles. The van der Waals surface area contributed by atoms with Gasteiger partial charge in [-0.15, -0.1) is 0 Å².